The molecule has 1 aromatic heterocycles. The van der Waals surface area contributed by atoms with Crippen molar-refractivity contribution in [2.24, 2.45) is 0 Å². The third kappa shape index (κ3) is 5.91. The predicted molar refractivity (Wildman–Crippen MR) is 92.2 cm³/mol. The molecule has 25 heavy (non-hydrogen) atoms. The van der Waals surface area contributed by atoms with Crippen molar-refractivity contribution >= 4 is 33.3 Å². The average molecular weight is 385 g/mol. The monoisotopic (exact) mass is 384 g/mol. The van der Waals surface area contributed by atoms with E-state index in [0.717, 1.165) is 0 Å². The van der Waals surface area contributed by atoms with Crippen LogP contribution in [0.5, 0.6) is 0 Å². The Morgan fingerprint density at radius 2 is 1.72 bits per heavy atom. The number of carbonyl (C=O) groups excluding carboxylic acids is 2. The van der Waals surface area contributed by atoms with Gasteiger partial charge in [0.25, 0.3) is 5.91 Å². The molecule has 0 fully saturated rings. The van der Waals surface area contributed by atoms with Gasteiger partial charge in [0.15, 0.2) is 15.6 Å². The largest absolute Gasteiger partial charge is 0.459 e. The summed E-state index contributed by atoms with van der Waals surface area (Å²) in [6.45, 7) is 0.390. The van der Waals surface area contributed by atoms with E-state index >= 15 is 0 Å². The molecule has 134 valence electrons. The number of nitrogens with one attached hydrogen (secondary N) is 2. The lowest BCUT2D eigenvalue weighted by molar-refractivity contribution is -0.120. The first-order chi connectivity index (χ1) is 11.9. The highest BCUT2D eigenvalue weighted by Crippen LogP contribution is 2.15. The second kappa shape index (κ2) is 8.68. The smallest absolute Gasteiger partial charge is 0.287 e. The van der Waals surface area contributed by atoms with Crippen molar-refractivity contribution in [2.45, 2.75) is 11.3 Å². The summed E-state index contributed by atoms with van der Waals surface area (Å²) in [5, 5.41) is 5.55. The van der Waals surface area contributed by atoms with Gasteiger partial charge in [-0.05, 0) is 36.4 Å². The first-order valence-corrected chi connectivity index (χ1v) is 9.48. The summed E-state index contributed by atoms with van der Waals surface area (Å²) in [5.74, 6) is -0.922. The van der Waals surface area contributed by atoms with E-state index in [0.29, 0.717) is 5.02 Å². The molecule has 0 spiro atoms. The maximum Gasteiger partial charge on any atom is 0.287 e. The number of sulfone groups is 1. The Balaban J connectivity index is 1.70. The Hall–Kier alpha value is -2.32. The van der Waals surface area contributed by atoms with Crippen LogP contribution in [-0.2, 0) is 14.6 Å². The fraction of sp³-hybridized carbons (Fsp3) is 0.250. The zero-order chi connectivity index (χ0) is 18.3. The molecule has 2 N–H and O–H groups in total. The van der Waals surface area contributed by atoms with Gasteiger partial charge in [-0.3, -0.25) is 9.59 Å². The molecule has 0 radical (unpaired) electrons. The van der Waals surface area contributed by atoms with E-state index in [1.807, 2.05) is 0 Å². The van der Waals surface area contributed by atoms with Gasteiger partial charge >= 0.3 is 0 Å². The summed E-state index contributed by atoms with van der Waals surface area (Å²) in [4.78, 5) is 23.4. The van der Waals surface area contributed by atoms with Crippen molar-refractivity contribution in [3.63, 3.8) is 0 Å². The van der Waals surface area contributed by atoms with Crippen LogP contribution in [0, 0.1) is 0 Å². The van der Waals surface area contributed by atoms with Crippen LogP contribution in [-0.4, -0.2) is 39.1 Å². The van der Waals surface area contributed by atoms with Crippen molar-refractivity contribution in [3.8, 4) is 0 Å². The van der Waals surface area contributed by atoms with E-state index < -0.39 is 15.7 Å². The van der Waals surface area contributed by atoms with Crippen LogP contribution in [0.3, 0.4) is 0 Å². The third-order valence-corrected chi connectivity index (χ3v) is 5.23. The first-order valence-electron chi connectivity index (χ1n) is 7.45. The molecule has 2 amide bonds. The predicted octanol–water partition coefficient (Wildman–Crippen LogP) is 1.64. The summed E-state index contributed by atoms with van der Waals surface area (Å²) in [6, 6.07) is 8.89. The topological polar surface area (TPSA) is 105 Å². The van der Waals surface area contributed by atoms with Crippen molar-refractivity contribution < 1.29 is 22.4 Å². The van der Waals surface area contributed by atoms with Crippen molar-refractivity contribution in [1.29, 1.82) is 0 Å². The third-order valence-electron chi connectivity index (χ3n) is 3.25. The van der Waals surface area contributed by atoms with Crippen molar-refractivity contribution in [1.82, 2.24) is 10.6 Å². The van der Waals surface area contributed by atoms with E-state index in [-0.39, 0.29) is 41.8 Å². The van der Waals surface area contributed by atoms with Crippen LogP contribution < -0.4 is 10.6 Å². The molecule has 0 aliphatic heterocycles. The fourth-order valence-electron chi connectivity index (χ4n) is 1.95. The van der Waals surface area contributed by atoms with E-state index in [4.69, 9.17) is 16.0 Å². The second-order valence-corrected chi connectivity index (χ2v) is 7.65. The number of hydrogen-bond donors (Lipinski definition) is 2. The van der Waals surface area contributed by atoms with Crippen LogP contribution in [0.4, 0.5) is 0 Å². The number of furan rings is 1. The minimum absolute atomic E-state index is 0.121. The maximum atomic E-state index is 12.1. The minimum atomic E-state index is -3.55. The molecule has 7 nitrogen and oxygen atoms in total. The summed E-state index contributed by atoms with van der Waals surface area (Å²) in [7, 11) is -3.55. The zero-order valence-electron chi connectivity index (χ0n) is 13.2. The molecule has 0 saturated carbocycles. The number of rotatable bonds is 8. The summed E-state index contributed by atoms with van der Waals surface area (Å²) < 4.78 is 29.1. The number of amides is 2. The van der Waals surface area contributed by atoms with E-state index in [9.17, 15) is 18.0 Å². The quantitative estimate of drug-likeness (QED) is 0.673. The number of benzene rings is 1. The van der Waals surface area contributed by atoms with Gasteiger partial charge in [0.2, 0.25) is 5.91 Å². The standard InChI is InChI=1S/C16H17ClN2O5S/c17-12-3-5-13(6-4-12)25(22,23)11-7-15(20)18-8-9-19-16(21)14-2-1-10-24-14/h1-6,10H,7-9,11H2,(H,18,20)(H,19,21). The van der Waals surface area contributed by atoms with Gasteiger partial charge in [-0.15, -0.1) is 0 Å². The van der Waals surface area contributed by atoms with Crippen LogP contribution in [0.2, 0.25) is 5.02 Å². The van der Waals surface area contributed by atoms with Gasteiger partial charge in [0, 0.05) is 24.5 Å². The van der Waals surface area contributed by atoms with Gasteiger partial charge in [0.1, 0.15) is 0 Å². The fourth-order valence-corrected chi connectivity index (χ4v) is 3.31. The first kappa shape index (κ1) is 19.0. The second-order valence-electron chi connectivity index (χ2n) is 5.11. The Labute approximate surface area is 150 Å². The molecule has 0 saturated heterocycles. The molecular formula is C16H17ClN2O5S. The summed E-state index contributed by atoms with van der Waals surface area (Å²) >= 11 is 5.72. The number of halogens is 1. The lowest BCUT2D eigenvalue weighted by Crippen LogP contribution is -2.35. The van der Waals surface area contributed by atoms with Crippen molar-refractivity contribution in [3.05, 3.63) is 53.4 Å². The normalized spacial score (nSPS) is 11.1. The van der Waals surface area contributed by atoms with E-state index in [1.165, 1.54) is 36.6 Å². The van der Waals surface area contributed by atoms with Gasteiger partial charge in [-0.25, -0.2) is 8.42 Å². The molecule has 9 heteroatoms. The summed E-state index contributed by atoms with van der Waals surface area (Å²) in [5.41, 5.74) is 0. The average Bonchev–Trinajstić information content (AvgIpc) is 3.12. The molecular weight excluding hydrogens is 368 g/mol. The molecule has 0 bridgehead atoms. The van der Waals surface area contributed by atoms with Gasteiger partial charge in [0.05, 0.1) is 16.9 Å². The number of hydrogen-bond acceptors (Lipinski definition) is 5. The highest BCUT2D eigenvalue weighted by Gasteiger charge is 2.16. The van der Waals surface area contributed by atoms with Crippen LogP contribution in [0.1, 0.15) is 17.0 Å². The molecule has 0 unspecified atom stereocenters. The lowest BCUT2D eigenvalue weighted by atomic mass is 10.4. The highest BCUT2D eigenvalue weighted by molar-refractivity contribution is 7.91. The molecule has 1 heterocycles. The van der Waals surface area contributed by atoms with Gasteiger partial charge in [-0.1, -0.05) is 11.6 Å². The zero-order valence-corrected chi connectivity index (χ0v) is 14.8. The Bertz CT molecular complexity index is 817. The maximum absolute atomic E-state index is 12.1. The van der Waals surface area contributed by atoms with Gasteiger partial charge < -0.3 is 15.1 Å². The Kier molecular flexibility index (Phi) is 6.60. The van der Waals surface area contributed by atoms with E-state index in [1.54, 1.807) is 6.07 Å². The van der Waals surface area contributed by atoms with Crippen molar-refractivity contribution in [2.75, 3.05) is 18.8 Å². The molecule has 2 aromatic rings. The van der Waals surface area contributed by atoms with Crippen LogP contribution >= 0.6 is 11.6 Å². The Morgan fingerprint density at radius 3 is 2.36 bits per heavy atom. The van der Waals surface area contributed by atoms with Crippen LogP contribution in [0.15, 0.2) is 52.0 Å². The molecule has 0 aliphatic carbocycles. The Morgan fingerprint density at radius 1 is 1.04 bits per heavy atom. The van der Waals surface area contributed by atoms with Gasteiger partial charge in [-0.2, -0.15) is 0 Å². The molecule has 0 aliphatic rings. The van der Waals surface area contributed by atoms with E-state index in [2.05, 4.69) is 10.6 Å². The SMILES string of the molecule is O=C(CCS(=O)(=O)c1ccc(Cl)cc1)NCCNC(=O)c1ccco1. The van der Waals surface area contributed by atoms with Crippen LogP contribution in [0.25, 0.3) is 0 Å². The molecule has 1 aromatic carbocycles. The minimum Gasteiger partial charge on any atom is -0.459 e. The molecule has 0 atom stereocenters. The number of carbonyl (C=O) groups is 2. The highest BCUT2D eigenvalue weighted by atomic mass is 35.5. The summed E-state index contributed by atoms with van der Waals surface area (Å²) in [6.07, 6.45) is 1.22. The molecule has 2 rings (SSSR count). The lowest BCUT2D eigenvalue weighted by Gasteiger charge is -2.07.